The lowest BCUT2D eigenvalue weighted by Gasteiger charge is -2.25. The third-order valence-electron chi connectivity index (χ3n) is 4.93. The van der Waals surface area contributed by atoms with Gasteiger partial charge < -0.3 is 14.4 Å². The molecule has 2 saturated heterocycles. The molecular formula is C17H19ClN2O3. The van der Waals surface area contributed by atoms with Gasteiger partial charge in [0.15, 0.2) is 0 Å². The third kappa shape index (κ3) is 2.35. The van der Waals surface area contributed by atoms with Gasteiger partial charge in [0.05, 0.1) is 25.8 Å². The van der Waals surface area contributed by atoms with Crippen molar-refractivity contribution in [3.8, 4) is 0 Å². The standard InChI is InChI=1S/C17H18N2O3.ClH/c1-21-16(20)17-10-19(8-12(17)9-22-11-17)15-6-7-18-14-5-3-2-4-13(14)15;/h2-7,12H,8-11H2,1H3;1H/t12-,17-;/m0./s1. The zero-order valence-electron chi connectivity index (χ0n) is 12.9. The molecular weight excluding hydrogens is 316 g/mol. The maximum absolute atomic E-state index is 12.3. The van der Waals surface area contributed by atoms with Gasteiger partial charge in [-0.25, -0.2) is 0 Å². The Morgan fingerprint density at radius 2 is 2.22 bits per heavy atom. The number of nitrogens with zero attached hydrogens (tertiary/aromatic N) is 2. The number of hydrogen-bond donors (Lipinski definition) is 0. The molecule has 0 unspecified atom stereocenters. The zero-order chi connectivity index (χ0) is 15.2. The van der Waals surface area contributed by atoms with Crippen molar-refractivity contribution >= 4 is 35.0 Å². The van der Waals surface area contributed by atoms with Crippen LogP contribution in [0.3, 0.4) is 0 Å². The minimum Gasteiger partial charge on any atom is -0.468 e. The summed E-state index contributed by atoms with van der Waals surface area (Å²) in [5.74, 6) is 0.0303. The van der Waals surface area contributed by atoms with Crippen LogP contribution >= 0.6 is 12.4 Å². The Balaban J connectivity index is 0.00000156. The number of halogens is 1. The van der Waals surface area contributed by atoms with E-state index >= 15 is 0 Å². The van der Waals surface area contributed by atoms with Crippen molar-refractivity contribution in [2.45, 2.75) is 0 Å². The van der Waals surface area contributed by atoms with Crippen LogP contribution in [0.5, 0.6) is 0 Å². The lowest BCUT2D eigenvalue weighted by molar-refractivity contribution is -0.152. The third-order valence-corrected chi connectivity index (χ3v) is 4.93. The molecule has 0 aliphatic carbocycles. The molecule has 2 aliphatic heterocycles. The first-order chi connectivity index (χ1) is 10.7. The summed E-state index contributed by atoms with van der Waals surface area (Å²) >= 11 is 0. The van der Waals surface area contributed by atoms with Crippen LogP contribution in [0.2, 0.25) is 0 Å². The Hall–Kier alpha value is -1.85. The molecule has 0 N–H and O–H groups in total. The summed E-state index contributed by atoms with van der Waals surface area (Å²) in [6, 6.07) is 10.1. The second kappa shape index (κ2) is 5.98. The number of fused-ring (bicyclic) bond motifs is 2. The quantitative estimate of drug-likeness (QED) is 0.789. The smallest absolute Gasteiger partial charge is 0.316 e. The van der Waals surface area contributed by atoms with Gasteiger partial charge in [-0.1, -0.05) is 18.2 Å². The fourth-order valence-corrected chi connectivity index (χ4v) is 3.77. The fraction of sp³-hybridized carbons (Fsp3) is 0.412. The van der Waals surface area contributed by atoms with Crippen LogP contribution in [0, 0.1) is 11.3 Å². The first-order valence-electron chi connectivity index (χ1n) is 7.49. The largest absolute Gasteiger partial charge is 0.468 e. The van der Waals surface area contributed by atoms with E-state index in [2.05, 4.69) is 16.0 Å². The Kier molecular flexibility index (Phi) is 4.17. The van der Waals surface area contributed by atoms with Crippen molar-refractivity contribution in [3.63, 3.8) is 0 Å². The van der Waals surface area contributed by atoms with Crippen molar-refractivity contribution in [3.05, 3.63) is 36.5 Å². The van der Waals surface area contributed by atoms with Gasteiger partial charge in [-0.2, -0.15) is 0 Å². The Labute approximate surface area is 141 Å². The molecule has 2 fully saturated rings. The number of esters is 1. The molecule has 0 amide bonds. The number of rotatable bonds is 2. The van der Waals surface area contributed by atoms with Gasteiger partial charge in [-0.3, -0.25) is 9.78 Å². The monoisotopic (exact) mass is 334 g/mol. The lowest BCUT2D eigenvalue weighted by atomic mass is 9.81. The summed E-state index contributed by atoms with van der Waals surface area (Å²) in [6.07, 6.45) is 1.83. The molecule has 23 heavy (non-hydrogen) atoms. The Morgan fingerprint density at radius 3 is 3.04 bits per heavy atom. The van der Waals surface area contributed by atoms with Crippen molar-refractivity contribution in [2.24, 2.45) is 11.3 Å². The average Bonchev–Trinajstić information content (AvgIpc) is 3.11. The van der Waals surface area contributed by atoms with Gasteiger partial charge in [-0.15, -0.1) is 12.4 Å². The summed E-state index contributed by atoms with van der Waals surface area (Å²) in [4.78, 5) is 19.0. The van der Waals surface area contributed by atoms with Gasteiger partial charge in [0.25, 0.3) is 0 Å². The summed E-state index contributed by atoms with van der Waals surface area (Å²) in [6.45, 7) is 2.51. The molecule has 4 rings (SSSR count). The molecule has 3 heterocycles. The number of para-hydroxylation sites is 1. The number of methoxy groups -OCH3 is 1. The van der Waals surface area contributed by atoms with Gasteiger partial charge in [0.1, 0.15) is 5.41 Å². The highest BCUT2D eigenvalue weighted by Crippen LogP contribution is 2.44. The number of benzene rings is 1. The van der Waals surface area contributed by atoms with Crippen LogP contribution in [0.4, 0.5) is 5.69 Å². The van der Waals surface area contributed by atoms with Crippen molar-refractivity contribution in [1.29, 1.82) is 0 Å². The van der Waals surface area contributed by atoms with Gasteiger partial charge >= 0.3 is 5.97 Å². The van der Waals surface area contributed by atoms with E-state index in [4.69, 9.17) is 9.47 Å². The topological polar surface area (TPSA) is 51.7 Å². The summed E-state index contributed by atoms with van der Waals surface area (Å²) < 4.78 is 10.6. The first-order valence-corrected chi connectivity index (χ1v) is 7.49. The molecule has 2 aliphatic rings. The number of hydrogen-bond acceptors (Lipinski definition) is 5. The summed E-state index contributed by atoms with van der Waals surface area (Å²) in [5, 5.41) is 1.12. The molecule has 1 aromatic carbocycles. The number of aromatic nitrogens is 1. The maximum atomic E-state index is 12.3. The minimum atomic E-state index is -0.529. The number of carbonyl (C=O) groups excluding carboxylic acids is 1. The van der Waals surface area contributed by atoms with E-state index in [0.29, 0.717) is 19.8 Å². The van der Waals surface area contributed by atoms with Crippen LogP contribution < -0.4 is 4.90 Å². The fourth-order valence-electron chi connectivity index (χ4n) is 3.77. The van der Waals surface area contributed by atoms with E-state index < -0.39 is 5.41 Å². The lowest BCUT2D eigenvalue weighted by Crippen LogP contribution is -2.40. The zero-order valence-corrected chi connectivity index (χ0v) is 13.7. The second-order valence-corrected chi connectivity index (χ2v) is 6.09. The van der Waals surface area contributed by atoms with E-state index in [0.717, 1.165) is 23.1 Å². The highest BCUT2D eigenvalue weighted by Gasteiger charge is 2.57. The second-order valence-electron chi connectivity index (χ2n) is 6.09. The number of anilines is 1. The molecule has 5 nitrogen and oxygen atoms in total. The van der Waals surface area contributed by atoms with Crippen LogP contribution in [0.1, 0.15) is 0 Å². The molecule has 0 spiro atoms. The summed E-state index contributed by atoms with van der Waals surface area (Å²) in [5.41, 5.74) is 1.57. The van der Waals surface area contributed by atoms with E-state index in [1.54, 1.807) is 0 Å². The summed E-state index contributed by atoms with van der Waals surface area (Å²) in [7, 11) is 1.46. The Morgan fingerprint density at radius 1 is 1.39 bits per heavy atom. The Bertz CT molecular complexity index is 733. The number of carbonyl (C=O) groups is 1. The average molecular weight is 335 g/mol. The highest BCUT2D eigenvalue weighted by atomic mass is 35.5. The van der Waals surface area contributed by atoms with Crippen molar-refractivity contribution in [1.82, 2.24) is 4.98 Å². The molecule has 122 valence electrons. The van der Waals surface area contributed by atoms with Crippen LogP contribution in [0.25, 0.3) is 10.9 Å². The molecule has 0 saturated carbocycles. The van der Waals surface area contributed by atoms with Crippen molar-refractivity contribution < 1.29 is 14.3 Å². The van der Waals surface area contributed by atoms with Crippen LogP contribution in [-0.4, -0.2) is 44.4 Å². The van der Waals surface area contributed by atoms with Gasteiger partial charge in [0.2, 0.25) is 0 Å². The van der Waals surface area contributed by atoms with Gasteiger partial charge in [-0.05, 0) is 12.1 Å². The maximum Gasteiger partial charge on any atom is 0.316 e. The molecule has 1 aromatic heterocycles. The van der Waals surface area contributed by atoms with Gasteiger partial charge in [0, 0.05) is 36.3 Å². The van der Waals surface area contributed by atoms with Crippen molar-refractivity contribution in [2.75, 3.05) is 38.3 Å². The molecule has 0 bridgehead atoms. The normalized spacial score (nSPS) is 26.0. The predicted octanol–water partition coefficient (Wildman–Crippen LogP) is 2.28. The SMILES string of the molecule is COC(=O)[C@@]12COC[C@@H]1CN(c1ccnc3ccccc13)C2.Cl. The molecule has 6 heteroatoms. The van der Waals surface area contributed by atoms with E-state index in [9.17, 15) is 4.79 Å². The van der Waals surface area contributed by atoms with E-state index in [-0.39, 0.29) is 24.3 Å². The molecule has 2 atom stereocenters. The minimum absolute atomic E-state index is 0. The first kappa shape index (κ1) is 16.0. The highest BCUT2D eigenvalue weighted by molar-refractivity contribution is 5.92. The van der Waals surface area contributed by atoms with E-state index in [1.807, 2.05) is 30.5 Å². The predicted molar refractivity (Wildman–Crippen MR) is 90.0 cm³/mol. The van der Waals surface area contributed by atoms with E-state index in [1.165, 1.54) is 7.11 Å². The van der Waals surface area contributed by atoms with Crippen LogP contribution in [-0.2, 0) is 14.3 Å². The molecule has 0 radical (unpaired) electrons. The number of ether oxygens (including phenoxy) is 2. The van der Waals surface area contributed by atoms with Crippen LogP contribution in [0.15, 0.2) is 36.5 Å². The number of pyridine rings is 1. The molecule has 2 aromatic rings.